The standard InChI is InChI=1S/C14H15N3O4/c1-21-8-5-11(14(19)20)17-13(18)9-3-2-4-10-12(9)16-7-6-15-10/h2-4,6-7,11H,5,8H2,1H3,(H,17,18)(H,19,20). The van der Waals surface area contributed by atoms with Crippen molar-refractivity contribution >= 4 is 22.9 Å². The topological polar surface area (TPSA) is 101 Å². The summed E-state index contributed by atoms with van der Waals surface area (Å²) in [5.41, 5.74) is 1.31. The second-order valence-electron chi connectivity index (χ2n) is 4.38. The summed E-state index contributed by atoms with van der Waals surface area (Å²) in [4.78, 5) is 31.6. The van der Waals surface area contributed by atoms with Crippen LogP contribution in [0.3, 0.4) is 0 Å². The van der Waals surface area contributed by atoms with Crippen LogP contribution in [0.1, 0.15) is 16.8 Å². The number of nitrogens with one attached hydrogen (secondary N) is 1. The first-order valence-corrected chi connectivity index (χ1v) is 6.36. The van der Waals surface area contributed by atoms with Crippen molar-refractivity contribution in [3.05, 3.63) is 36.2 Å². The Hall–Kier alpha value is -2.54. The maximum absolute atomic E-state index is 12.3. The van der Waals surface area contributed by atoms with E-state index >= 15 is 0 Å². The Morgan fingerprint density at radius 3 is 2.81 bits per heavy atom. The predicted octanol–water partition coefficient (Wildman–Crippen LogP) is 0.849. The molecule has 0 fully saturated rings. The quantitative estimate of drug-likeness (QED) is 0.817. The van der Waals surface area contributed by atoms with Crippen molar-refractivity contribution in [3.8, 4) is 0 Å². The molecule has 0 radical (unpaired) electrons. The van der Waals surface area contributed by atoms with Gasteiger partial charge in [-0.15, -0.1) is 0 Å². The minimum atomic E-state index is -1.10. The molecule has 2 rings (SSSR count). The van der Waals surface area contributed by atoms with Crippen LogP contribution in [0.2, 0.25) is 0 Å². The Morgan fingerprint density at radius 2 is 2.10 bits per heavy atom. The lowest BCUT2D eigenvalue weighted by Crippen LogP contribution is -2.41. The highest BCUT2D eigenvalue weighted by Gasteiger charge is 2.21. The van der Waals surface area contributed by atoms with Crippen molar-refractivity contribution < 1.29 is 19.4 Å². The third kappa shape index (κ3) is 3.51. The van der Waals surface area contributed by atoms with E-state index in [4.69, 9.17) is 9.84 Å². The van der Waals surface area contributed by atoms with E-state index in [-0.39, 0.29) is 13.0 Å². The summed E-state index contributed by atoms with van der Waals surface area (Å²) in [6.45, 7) is 0.243. The van der Waals surface area contributed by atoms with Gasteiger partial charge < -0.3 is 15.2 Å². The van der Waals surface area contributed by atoms with Crippen LogP contribution in [-0.2, 0) is 9.53 Å². The molecule has 0 spiro atoms. The average Bonchev–Trinajstić information content (AvgIpc) is 2.50. The zero-order valence-electron chi connectivity index (χ0n) is 11.4. The van der Waals surface area contributed by atoms with Crippen LogP contribution in [0.15, 0.2) is 30.6 Å². The number of ether oxygens (including phenoxy) is 1. The van der Waals surface area contributed by atoms with Crippen molar-refractivity contribution in [2.75, 3.05) is 13.7 Å². The molecule has 0 aliphatic heterocycles. The molecule has 0 saturated carbocycles. The maximum atomic E-state index is 12.3. The van der Waals surface area contributed by atoms with E-state index in [1.54, 1.807) is 18.2 Å². The van der Waals surface area contributed by atoms with Crippen LogP contribution in [0, 0.1) is 0 Å². The fourth-order valence-electron chi connectivity index (χ4n) is 1.90. The summed E-state index contributed by atoms with van der Waals surface area (Å²) in [7, 11) is 1.47. The number of para-hydroxylation sites is 1. The highest BCUT2D eigenvalue weighted by atomic mass is 16.5. The highest BCUT2D eigenvalue weighted by molar-refractivity contribution is 6.05. The minimum absolute atomic E-state index is 0.189. The van der Waals surface area contributed by atoms with Gasteiger partial charge in [-0.05, 0) is 12.1 Å². The molecule has 1 amide bonds. The van der Waals surface area contributed by atoms with Gasteiger partial charge in [0.1, 0.15) is 11.6 Å². The number of benzene rings is 1. The molecule has 0 aliphatic rings. The molecule has 7 nitrogen and oxygen atoms in total. The van der Waals surface area contributed by atoms with Gasteiger partial charge in [0.05, 0.1) is 11.1 Å². The molecule has 0 saturated heterocycles. The van der Waals surface area contributed by atoms with Crippen molar-refractivity contribution in [2.24, 2.45) is 0 Å². The predicted molar refractivity (Wildman–Crippen MR) is 74.9 cm³/mol. The van der Waals surface area contributed by atoms with Gasteiger partial charge in [0.15, 0.2) is 0 Å². The summed E-state index contributed by atoms with van der Waals surface area (Å²) in [5, 5.41) is 11.6. The van der Waals surface area contributed by atoms with Crippen molar-refractivity contribution in [3.63, 3.8) is 0 Å². The largest absolute Gasteiger partial charge is 0.480 e. The zero-order chi connectivity index (χ0) is 15.2. The number of aromatic nitrogens is 2. The molecule has 1 unspecified atom stereocenters. The average molecular weight is 289 g/mol. The molecule has 21 heavy (non-hydrogen) atoms. The second-order valence-corrected chi connectivity index (χ2v) is 4.38. The first-order chi connectivity index (χ1) is 10.1. The SMILES string of the molecule is COCCC(NC(=O)c1cccc2nccnc12)C(=O)O. The van der Waals surface area contributed by atoms with Gasteiger partial charge in [-0.1, -0.05) is 6.07 Å². The van der Waals surface area contributed by atoms with E-state index in [0.29, 0.717) is 16.6 Å². The molecule has 7 heteroatoms. The van der Waals surface area contributed by atoms with Crippen molar-refractivity contribution in [2.45, 2.75) is 12.5 Å². The number of hydrogen-bond acceptors (Lipinski definition) is 5. The van der Waals surface area contributed by atoms with Crippen LogP contribution in [0.4, 0.5) is 0 Å². The number of carbonyl (C=O) groups excluding carboxylic acids is 1. The Morgan fingerprint density at radius 1 is 1.33 bits per heavy atom. The third-order valence-electron chi connectivity index (χ3n) is 2.96. The Kier molecular flexibility index (Phi) is 4.78. The summed E-state index contributed by atoms with van der Waals surface area (Å²) in [6, 6.07) is 3.99. The van der Waals surface area contributed by atoms with Gasteiger partial charge in [-0.3, -0.25) is 14.8 Å². The lowest BCUT2D eigenvalue weighted by Gasteiger charge is -2.14. The summed E-state index contributed by atoms with van der Waals surface area (Å²) in [6.07, 6.45) is 3.20. The molecular weight excluding hydrogens is 274 g/mol. The number of hydrogen-bond donors (Lipinski definition) is 2. The number of methoxy groups -OCH3 is 1. The first-order valence-electron chi connectivity index (χ1n) is 6.36. The van der Waals surface area contributed by atoms with Gasteiger partial charge in [-0.25, -0.2) is 4.79 Å². The van der Waals surface area contributed by atoms with E-state index < -0.39 is 17.9 Å². The Bertz CT molecular complexity index is 654. The number of fused-ring (bicyclic) bond motifs is 1. The number of nitrogens with zero attached hydrogens (tertiary/aromatic N) is 2. The van der Waals surface area contributed by atoms with Gasteiger partial charge >= 0.3 is 5.97 Å². The minimum Gasteiger partial charge on any atom is -0.480 e. The number of carbonyl (C=O) groups is 2. The number of rotatable bonds is 6. The number of carboxylic acids is 1. The molecule has 2 N–H and O–H groups in total. The van der Waals surface area contributed by atoms with Gasteiger partial charge in [0.25, 0.3) is 5.91 Å². The molecule has 0 bridgehead atoms. The molecule has 110 valence electrons. The van der Waals surface area contributed by atoms with E-state index in [1.165, 1.54) is 19.5 Å². The fraction of sp³-hybridized carbons (Fsp3) is 0.286. The molecule has 1 aromatic heterocycles. The Balaban J connectivity index is 2.23. The lowest BCUT2D eigenvalue weighted by atomic mass is 10.1. The molecule has 1 atom stereocenters. The number of amides is 1. The maximum Gasteiger partial charge on any atom is 0.326 e. The molecule has 1 heterocycles. The summed E-state index contributed by atoms with van der Waals surface area (Å²) >= 11 is 0. The van der Waals surface area contributed by atoms with Crippen LogP contribution < -0.4 is 5.32 Å². The first kappa shape index (κ1) is 14.9. The van der Waals surface area contributed by atoms with Crippen LogP contribution >= 0.6 is 0 Å². The fourth-order valence-corrected chi connectivity index (χ4v) is 1.90. The van der Waals surface area contributed by atoms with E-state index in [0.717, 1.165) is 0 Å². The number of aliphatic carboxylic acids is 1. The van der Waals surface area contributed by atoms with Crippen molar-refractivity contribution in [1.82, 2.24) is 15.3 Å². The normalized spacial score (nSPS) is 12.0. The van der Waals surface area contributed by atoms with E-state index in [9.17, 15) is 9.59 Å². The van der Waals surface area contributed by atoms with E-state index in [2.05, 4.69) is 15.3 Å². The Labute approximate surface area is 121 Å². The summed E-state index contributed by atoms with van der Waals surface area (Å²) in [5.74, 6) is -1.60. The highest BCUT2D eigenvalue weighted by Crippen LogP contribution is 2.14. The molecule has 0 aliphatic carbocycles. The smallest absolute Gasteiger partial charge is 0.326 e. The number of carboxylic acid groups (broad SMARTS) is 1. The summed E-state index contributed by atoms with van der Waals surface area (Å²) < 4.78 is 4.84. The molecule has 1 aromatic carbocycles. The van der Waals surface area contributed by atoms with E-state index in [1.807, 2.05) is 0 Å². The van der Waals surface area contributed by atoms with Crippen LogP contribution in [0.25, 0.3) is 11.0 Å². The lowest BCUT2D eigenvalue weighted by molar-refractivity contribution is -0.139. The molecule has 2 aromatic rings. The molecular formula is C14H15N3O4. The van der Waals surface area contributed by atoms with Gasteiger partial charge in [0, 0.05) is 32.5 Å². The zero-order valence-corrected chi connectivity index (χ0v) is 11.4. The third-order valence-corrected chi connectivity index (χ3v) is 2.96. The van der Waals surface area contributed by atoms with Gasteiger partial charge in [-0.2, -0.15) is 0 Å². The monoisotopic (exact) mass is 289 g/mol. The van der Waals surface area contributed by atoms with Crippen molar-refractivity contribution in [1.29, 1.82) is 0 Å². The van der Waals surface area contributed by atoms with Gasteiger partial charge in [0.2, 0.25) is 0 Å². The van der Waals surface area contributed by atoms with Crippen LogP contribution in [-0.4, -0.2) is 46.7 Å². The van der Waals surface area contributed by atoms with Crippen LogP contribution in [0.5, 0.6) is 0 Å². The second kappa shape index (κ2) is 6.76.